The summed E-state index contributed by atoms with van der Waals surface area (Å²) >= 11 is 0. The Bertz CT molecular complexity index is 428. The molecule has 1 rings (SSSR count). The van der Waals surface area contributed by atoms with Gasteiger partial charge in [-0.2, -0.15) is 5.26 Å². The van der Waals surface area contributed by atoms with Gasteiger partial charge in [0.2, 0.25) is 0 Å². The number of carbonyl (C=O) groups is 2. The van der Waals surface area contributed by atoms with Crippen molar-refractivity contribution in [2.45, 2.75) is 39.5 Å². The van der Waals surface area contributed by atoms with Gasteiger partial charge in [-0.25, -0.2) is 4.79 Å². The highest BCUT2D eigenvalue weighted by atomic mass is 16.4. The Morgan fingerprint density at radius 1 is 1.52 bits per heavy atom. The van der Waals surface area contributed by atoms with Gasteiger partial charge in [0.05, 0.1) is 17.4 Å². The van der Waals surface area contributed by atoms with Crippen LogP contribution in [0.3, 0.4) is 0 Å². The maximum atomic E-state index is 12.4. The van der Waals surface area contributed by atoms with E-state index in [0.29, 0.717) is 32.4 Å². The van der Waals surface area contributed by atoms with Gasteiger partial charge in [0.15, 0.2) is 0 Å². The summed E-state index contributed by atoms with van der Waals surface area (Å²) in [6, 6.07) is 1.92. The Labute approximate surface area is 126 Å². The second-order valence-electron chi connectivity index (χ2n) is 6.05. The minimum Gasteiger partial charge on any atom is -0.481 e. The van der Waals surface area contributed by atoms with E-state index in [2.05, 4.69) is 6.07 Å². The monoisotopic (exact) mass is 295 g/mol. The zero-order valence-electron chi connectivity index (χ0n) is 13.1. The number of nitriles is 1. The molecule has 118 valence electrons. The maximum Gasteiger partial charge on any atom is 0.319 e. The van der Waals surface area contributed by atoms with E-state index >= 15 is 0 Å². The van der Waals surface area contributed by atoms with E-state index in [1.807, 2.05) is 6.92 Å². The van der Waals surface area contributed by atoms with Crippen LogP contribution in [0.1, 0.15) is 39.5 Å². The molecule has 1 heterocycles. The van der Waals surface area contributed by atoms with E-state index in [1.54, 1.807) is 18.9 Å². The first-order valence-corrected chi connectivity index (χ1v) is 7.49. The zero-order valence-corrected chi connectivity index (χ0v) is 13.1. The smallest absolute Gasteiger partial charge is 0.319 e. The third-order valence-electron chi connectivity index (χ3n) is 4.12. The molecular formula is C15H25N3O3. The first kappa shape index (κ1) is 17.3. The Morgan fingerprint density at radius 3 is 2.71 bits per heavy atom. The highest BCUT2D eigenvalue weighted by Crippen LogP contribution is 2.35. The van der Waals surface area contributed by atoms with E-state index in [4.69, 9.17) is 5.26 Å². The number of hydrogen-bond acceptors (Lipinski definition) is 3. The molecule has 6 heteroatoms. The van der Waals surface area contributed by atoms with Gasteiger partial charge >= 0.3 is 12.0 Å². The number of amides is 2. The lowest BCUT2D eigenvalue weighted by molar-refractivity contribution is -0.152. The molecule has 2 unspecified atom stereocenters. The van der Waals surface area contributed by atoms with Crippen LogP contribution in [0.4, 0.5) is 4.79 Å². The SMILES string of the molecule is CCCC1(C(=O)O)CCCN(C(=O)N(C)CC(C)C#N)C1. The van der Waals surface area contributed by atoms with Crippen LogP contribution in [0.5, 0.6) is 0 Å². The fourth-order valence-electron chi connectivity index (χ4n) is 3.03. The van der Waals surface area contributed by atoms with Crippen molar-refractivity contribution < 1.29 is 14.7 Å². The third-order valence-corrected chi connectivity index (χ3v) is 4.12. The summed E-state index contributed by atoms with van der Waals surface area (Å²) in [6.07, 6.45) is 2.71. The second kappa shape index (κ2) is 7.30. The largest absolute Gasteiger partial charge is 0.481 e. The molecule has 21 heavy (non-hydrogen) atoms. The summed E-state index contributed by atoms with van der Waals surface area (Å²) in [7, 11) is 1.66. The van der Waals surface area contributed by atoms with Crippen molar-refractivity contribution in [3.8, 4) is 6.07 Å². The average molecular weight is 295 g/mol. The number of carboxylic acid groups (broad SMARTS) is 1. The van der Waals surface area contributed by atoms with Crippen molar-refractivity contribution in [3.05, 3.63) is 0 Å². The van der Waals surface area contributed by atoms with Crippen LogP contribution < -0.4 is 0 Å². The van der Waals surface area contributed by atoms with Gasteiger partial charge in [-0.05, 0) is 26.2 Å². The first-order valence-electron chi connectivity index (χ1n) is 7.49. The molecule has 0 radical (unpaired) electrons. The minimum atomic E-state index is -0.815. The van der Waals surface area contributed by atoms with Gasteiger partial charge < -0.3 is 14.9 Å². The third kappa shape index (κ3) is 4.10. The van der Waals surface area contributed by atoms with Crippen molar-refractivity contribution in [3.63, 3.8) is 0 Å². The van der Waals surface area contributed by atoms with E-state index in [-0.39, 0.29) is 18.5 Å². The normalized spacial score (nSPS) is 23.2. The number of piperidine rings is 1. The van der Waals surface area contributed by atoms with Gasteiger partial charge in [0.25, 0.3) is 0 Å². The van der Waals surface area contributed by atoms with Crippen LogP contribution in [0.2, 0.25) is 0 Å². The van der Waals surface area contributed by atoms with E-state index in [0.717, 1.165) is 6.42 Å². The topological polar surface area (TPSA) is 84.6 Å². The molecule has 0 aromatic rings. The average Bonchev–Trinajstić information content (AvgIpc) is 2.46. The molecule has 0 aliphatic carbocycles. The molecule has 0 aromatic heterocycles. The van der Waals surface area contributed by atoms with Gasteiger partial charge in [0, 0.05) is 26.7 Å². The highest BCUT2D eigenvalue weighted by Gasteiger charge is 2.43. The summed E-state index contributed by atoms with van der Waals surface area (Å²) in [6.45, 7) is 4.94. The molecule has 0 bridgehead atoms. The lowest BCUT2D eigenvalue weighted by Gasteiger charge is -2.41. The zero-order chi connectivity index (χ0) is 16.0. The first-order chi connectivity index (χ1) is 9.86. The quantitative estimate of drug-likeness (QED) is 0.842. The summed E-state index contributed by atoms with van der Waals surface area (Å²) in [5.74, 6) is -1.04. The van der Waals surface area contributed by atoms with Crippen LogP contribution in [-0.2, 0) is 4.79 Å². The summed E-state index contributed by atoms with van der Waals surface area (Å²) in [4.78, 5) is 27.2. The summed E-state index contributed by atoms with van der Waals surface area (Å²) < 4.78 is 0. The molecule has 1 fully saturated rings. The molecule has 2 atom stereocenters. The van der Waals surface area contributed by atoms with Crippen LogP contribution in [0.15, 0.2) is 0 Å². The van der Waals surface area contributed by atoms with Gasteiger partial charge in [-0.1, -0.05) is 13.3 Å². The van der Waals surface area contributed by atoms with E-state index in [1.165, 1.54) is 4.90 Å². The van der Waals surface area contributed by atoms with Crippen molar-refractivity contribution in [1.29, 1.82) is 5.26 Å². The van der Waals surface area contributed by atoms with Crippen LogP contribution >= 0.6 is 0 Å². The highest BCUT2D eigenvalue weighted by molar-refractivity contribution is 5.78. The minimum absolute atomic E-state index is 0.182. The number of rotatable bonds is 5. The number of aliphatic carboxylic acids is 1. The molecule has 0 aromatic carbocycles. The molecule has 1 saturated heterocycles. The molecule has 0 saturated carbocycles. The Kier molecular flexibility index (Phi) is 6.01. The summed E-state index contributed by atoms with van der Waals surface area (Å²) in [5, 5.41) is 18.4. The molecule has 1 aliphatic heterocycles. The number of likely N-dealkylation sites (tertiary alicyclic amines) is 1. The lowest BCUT2D eigenvalue weighted by atomic mass is 9.76. The van der Waals surface area contributed by atoms with Crippen molar-refractivity contribution in [1.82, 2.24) is 9.80 Å². The van der Waals surface area contributed by atoms with Gasteiger partial charge in [0.1, 0.15) is 0 Å². The van der Waals surface area contributed by atoms with Crippen LogP contribution in [-0.4, -0.2) is 53.6 Å². The van der Waals surface area contributed by atoms with E-state index < -0.39 is 11.4 Å². The van der Waals surface area contributed by atoms with Crippen molar-refractivity contribution in [2.75, 3.05) is 26.7 Å². The predicted octanol–water partition coefficient (Wildman–Crippen LogP) is 2.16. The molecule has 6 nitrogen and oxygen atoms in total. The fourth-order valence-corrected chi connectivity index (χ4v) is 3.03. The number of carboxylic acids is 1. The predicted molar refractivity (Wildman–Crippen MR) is 78.6 cm³/mol. The lowest BCUT2D eigenvalue weighted by Crippen LogP contribution is -2.53. The standard InChI is InChI=1S/C15H25N3O3/c1-4-6-15(13(19)20)7-5-8-18(11-15)14(21)17(3)10-12(2)9-16/h12H,4-8,10-11H2,1-3H3,(H,19,20). The Morgan fingerprint density at radius 2 is 2.19 bits per heavy atom. The van der Waals surface area contributed by atoms with Gasteiger partial charge in [-0.3, -0.25) is 4.79 Å². The Hall–Kier alpha value is -1.77. The molecule has 2 amide bonds. The molecular weight excluding hydrogens is 270 g/mol. The van der Waals surface area contributed by atoms with Crippen molar-refractivity contribution in [2.24, 2.45) is 11.3 Å². The van der Waals surface area contributed by atoms with Gasteiger partial charge in [-0.15, -0.1) is 0 Å². The summed E-state index contributed by atoms with van der Waals surface area (Å²) in [5.41, 5.74) is -0.815. The van der Waals surface area contributed by atoms with Crippen LogP contribution in [0, 0.1) is 22.7 Å². The number of nitrogens with zero attached hydrogens (tertiary/aromatic N) is 3. The molecule has 1 N–H and O–H groups in total. The number of urea groups is 1. The van der Waals surface area contributed by atoms with Crippen LogP contribution in [0.25, 0.3) is 0 Å². The molecule has 1 aliphatic rings. The Balaban J connectivity index is 2.77. The van der Waals surface area contributed by atoms with E-state index in [9.17, 15) is 14.7 Å². The maximum absolute atomic E-state index is 12.4. The number of carbonyl (C=O) groups excluding carboxylic acids is 1. The molecule has 0 spiro atoms. The second-order valence-corrected chi connectivity index (χ2v) is 6.05. The fraction of sp³-hybridized carbons (Fsp3) is 0.800. The number of hydrogen-bond donors (Lipinski definition) is 1. The van der Waals surface area contributed by atoms with Crippen molar-refractivity contribution >= 4 is 12.0 Å².